The molecule has 0 fully saturated rings. The standard InChI is InChI=1S/C10H15NOS/c1-4-12-10-7-5-6-9(11-10)8(2)13-3/h5-8H,4H2,1-3H3. The van der Waals surface area contributed by atoms with Crippen molar-refractivity contribution >= 4 is 11.8 Å². The zero-order valence-corrected chi connectivity index (χ0v) is 9.10. The average Bonchev–Trinajstić information content (AvgIpc) is 2.18. The number of hydrogen-bond donors (Lipinski definition) is 0. The number of pyridine rings is 1. The highest BCUT2D eigenvalue weighted by Crippen LogP contribution is 2.24. The third-order valence-corrected chi connectivity index (χ3v) is 2.76. The van der Waals surface area contributed by atoms with E-state index in [4.69, 9.17) is 4.74 Å². The van der Waals surface area contributed by atoms with E-state index in [0.717, 1.165) is 11.6 Å². The molecule has 1 unspecified atom stereocenters. The van der Waals surface area contributed by atoms with Crippen LogP contribution in [0.5, 0.6) is 5.88 Å². The second-order valence-corrected chi connectivity index (χ2v) is 3.89. The smallest absolute Gasteiger partial charge is 0.213 e. The zero-order valence-electron chi connectivity index (χ0n) is 8.28. The zero-order chi connectivity index (χ0) is 9.68. The molecule has 0 bridgehead atoms. The van der Waals surface area contributed by atoms with E-state index >= 15 is 0 Å². The molecular weight excluding hydrogens is 182 g/mol. The fourth-order valence-corrected chi connectivity index (χ4v) is 1.38. The molecule has 0 radical (unpaired) electrons. The lowest BCUT2D eigenvalue weighted by atomic mass is 10.3. The van der Waals surface area contributed by atoms with E-state index in [1.807, 2.05) is 25.1 Å². The average molecular weight is 197 g/mol. The maximum Gasteiger partial charge on any atom is 0.213 e. The minimum absolute atomic E-state index is 0.431. The quantitative estimate of drug-likeness (QED) is 0.741. The Morgan fingerprint density at radius 2 is 2.31 bits per heavy atom. The minimum Gasteiger partial charge on any atom is -0.478 e. The van der Waals surface area contributed by atoms with E-state index in [2.05, 4.69) is 18.2 Å². The first kappa shape index (κ1) is 10.4. The molecule has 1 aromatic rings. The first-order valence-corrected chi connectivity index (χ1v) is 5.69. The van der Waals surface area contributed by atoms with Crippen LogP contribution in [0.1, 0.15) is 24.8 Å². The van der Waals surface area contributed by atoms with Crippen molar-refractivity contribution < 1.29 is 4.74 Å². The molecule has 0 aliphatic carbocycles. The second kappa shape index (κ2) is 5.12. The van der Waals surface area contributed by atoms with Gasteiger partial charge in [0.15, 0.2) is 0 Å². The van der Waals surface area contributed by atoms with Gasteiger partial charge in [-0.1, -0.05) is 6.07 Å². The lowest BCUT2D eigenvalue weighted by Crippen LogP contribution is -1.98. The van der Waals surface area contributed by atoms with Gasteiger partial charge in [-0.3, -0.25) is 0 Å². The minimum atomic E-state index is 0.431. The van der Waals surface area contributed by atoms with Crippen LogP contribution in [-0.4, -0.2) is 17.8 Å². The van der Waals surface area contributed by atoms with Gasteiger partial charge in [-0.05, 0) is 26.2 Å². The summed E-state index contributed by atoms with van der Waals surface area (Å²) in [6.45, 7) is 4.78. The summed E-state index contributed by atoms with van der Waals surface area (Å²) in [4.78, 5) is 4.39. The van der Waals surface area contributed by atoms with Gasteiger partial charge in [0.05, 0.1) is 12.3 Å². The third-order valence-electron chi connectivity index (χ3n) is 1.81. The Morgan fingerprint density at radius 1 is 1.54 bits per heavy atom. The summed E-state index contributed by atoms with van der Waals surface area (Å²) in [5, 5.41) is 0.431. The molecule has 0 saturated carbocycles. The van der Waals surface area contributed by atoms with Crippen molar-refractivity contribution in [1.82, 2.24) is 4.98 Å². The summed E-state index contributed by atoms with van der Waals surface area (Å²) in [6, 6.07) is 5.91. The Labute approximate surface area is 83.7 Å². The monoisotopic (exact) mass is 197 g/mol. The van der Waals surface area contributed by atoms with Crippen LogP contribution in [-0.2, 0) is 0 Å². The van der Waals surface area contributed by atoms with Crippen LogP contribution >= 0.6 is 11.8 Å². The predicted molar refractivity (Wildman–Crippen MR) is 57.3 cm³/mol. The van der Waals surface area contributed by atoms with Gasteiger partial charge in [0.2, 0.25) is 5.88 Å². The van der Waals surface area contributed by atoms with Crippen molar-refractivity contribution in [2.45, 2.75) is 19.1 Å². The van der Waals surface area contributed by atoms with Crippen LogP contribution in [0.4, 0.5) is 0 Å². The molecule has 0 aliphatic rings. The molecule has 1 atom stereocenters. The number of aromatic nitrogens is 1. The predicted octanol–water partition coefficient (Wildman–Crippen LogP) is 2.90. The van der Waals surface area contributed by atoms with Crippen LogP contribution in [0.15, 0.2) is 18.2 Å². The molecule has 2 nitrogen and oxygen atoms in total. The summed E-state index contributed by atoms with van der Waals surface area (Å²) in [6.07, 6.45) is 2.08. The van der Waals surface area contributed by atoms with Crippen LogP contribution in [0.2, 0.25) is 0 Å². The molecule has 0 spiro atoms. The Balaban J connectivity index is 2.78. The van der Waals surface area contributed by atoms with Crippen LogP contribution in [0.3, 0.4) is 0 Å². The Hall–Kier alpha value is -0.700. The Bertz CT molecular complexity index is 265. The molecule has 1 rings (SSSR count). The van der Waals surface area contributed by atoms with Gasteiger partial charge in [-0.15, -0.1) is 0 Å². The summed E-state index contributed by atoms with van der Waals surface area (Å²) < 4.78 is 5.32. The molecule has 0 saturated heterocycles. The van der Waals surface area contributed by atoms with Crippen molar-refractivity contribution in [2.75, 3.05) is 12.9 Å². The van der Waals surface area contributed by atoms with Gasteiger partial charge in [-0.2, -0.15) is 11.8 Å². The molecule has 1 heterocycles. The Morgan fingerprint density at radius 3 is 2.92 bits per heavy atom. The number of rotatable bonds is 4. The topological polar surface area (TPSA) is 22.1 Å². The molecule has 1 aromatic heterocycles. The summed E-state index contributed by atoms with van der Waals surface area (Å²) in [7, 11) is 0. The molecule has 0 amide bonds. The van der Waals surface area contributed by atoms with Crippen molar-refractivity contribution in [3.63, 3.8) is 0 Å². The van der Waals surface area contributed by atoms with E-state index in [-0.39, 0.29) is 0 Å². The van der Waals surface area contributed by atoms with E-state index in [1.54, 1.807) is 11.8 Å². The largest absolute Gasteiger partial charge is 0.478 e. The number of hydrogen-bond acceptors (Lipinski definition) is 3. The molecule has 0 aliphatic heterocycles. The molecule has 72 valence electrons. The fourth-order valence-electron chi connectivity index (χ4n) is 1.01. The third kappa shape index (κ3) is 2.92. The van der Waals surface area contributed by atoms with Gasteiger partial charge < -0.3 is 4.74 Å². The highest BCUT2D eigenvalue weighted by Gasteiger charge is 2.05. The van der Waals surface area contributed by atoms with Crippen molar-refractivity contribution in [2.24, 2.45) is 0 Å². The molecular formula is C10H15NOS. The van der Waals surface area contributed by atoms with Gasteiger partial charge in [-0.25, -0.2) is 4.98 Å². The molecule has 0 N–H and O–H groups in total. The van der Waals surface area contributed by atoms with Crippen LogP contribution < -0.4 is 4.74 Å². The maximum atomic E-state index is 5.32. The fraction of sp³-hybridized carbons (Fsp3) is 0.500. The normalized spacial score (nSPS) is 12.5. The molecule has 13 heavy (non-hydrogen) atoms. The van der Waals surface area contributed by atoms with Crippen LogP contribution in [0.25, 0.3) is 0 Å². The van der Waals surface area contributed by atoms with E-state index in [9.17, 15) is 0 Å². The highest BCUT2D eigenvalue weighted by atomic mass is 32.2. The summed E-state index contributed by atoms with van der Waals surface area (Å²) in [5.41, 5.74) is 1.08. The van der Waals surface area contributed by atoms with E-state index in [1.165, 1.54) is 0 Å². The van der Waals surface area contributed by atoms with Crippen molar-refractivity contribution in [3.05, 3.63) is 23.9 Å². The van der Waals surface area contributed by atoms with E-state index < -0.39 is 0 Å². The summed E-state index contributed by atoms with van der Waals surface area (Å²) >= 11 is 1.79. The lowest BCUT2D eigenvalue weighted by molar-refractivity contribution is 0.326. The first-order valence-electron chi connectivity index (χ1n) is 4.40. The highest BCUT2D eigenvalue weighted by molar-refractivity contribution is 7.98. The van der Waals surface area contributed by atoms with Gasteiger partial charge in [0.1, 0.15) is 0 Å². The van der Waals surface area contributed by atoms with Crippen LogP contribution in [0, 0.1) is 0 Å². The van der Waals surface area contributed by atoms with Crippen molar-refractivity contribution in [3.8, 4) is 5.88 Å². The maximum absolute atomic E-state index is 5.32. The second-order valence-electron chi connectivity index (χ2n) is 2.71. The number of nitrogens with zero attached hydrogens (tertiary/aromatic N) is 1. The molecule has 3 heteroatoms. The van der Waals surface area contributed by atoms with Crippen molar-refractivity contribution in [1.29, 1.82) is 0 Å². The summed E-state index contributed by atoms with van der Waals surface area (Å²) in [5.74, 6) is 0.723. The SMILES string of the molecule is CCOc1cccc(C(C)SC)n1. The Kier molecular flexibility index (Phi) is 4.09. The lowest BCUT2D eigenvalue weighted by Gasteiger charge is -2.09. The number of ether oxygens (including phenoxy) is 1. The first-order chi connectivity index (χ1) is 6.27. The van der Waals surface area contributed by atoms with Gasteiger partial charge >= 0.3 is 0 Å². The van der Waals surface area contributed by atoms with Gasteiger partial charge in [0.25, 0.3) is 0 Å². The van der Waals surface area contributed by atoms with Gasteiger partial charge in [0, 0.05) is 11.3 Å². The van der Waals surface area contributed by atoms with E-state index in [0.29, 0.717) is 11.9 Å². The molecule has 0 aromatic carbocycles. The number of thioether (sulfide) groups is 1.